The Kier molecular flexibility index (Phi) is 7.18. The molecule has 0 bridgehead atoms. The molecule has 1 atom stereocenters. The molecule has 1 unspecified atom stereocenters. The number of hydrogen-bond donors (Lipinski definition) is 0. The van der Waals surface area contributed by atoms with Crippen molar-refractivity contribution >= 4 is 23.5 Å². The van der Waals surface area contributed by atoms with Gasteiger partial charge in [0.2, 0.25) is 0 Å². The van der Waals surface area contributed by atoms with Gasteiger partial charge < -0.3 is 14.4 Å². The average molecular weight is 418 g/mol. The van der Waals surface area contributed by atoms with Gasteiger partial charge in [-0.2, -0.15) is 0 Å². The smallest absolute Gasteiger partial charge is 0.339 e. The maximum absolute atomic E-state index is 13.3. The van der Waals surface area contributed by atoms with Crippen LogP contribution in [-0.4, -0.2) is 47.9 Å². The van der Waals surface area contributed by atoms with Crippen molar-refractivity contribution in [1.82, 2.24) is 4.90 Å². The molecule has 10 heteroatoms. The summed E-state index contributed by atoms with van der Waals surface area (Å²) in [7, 11) is 2.55. The number of carbonyl (C=O) groups excluding carboxylic acids is 3. The summed E-state index contributed by atoms with van der Waals surface area (Å²) in [4.78, 5) is 48.1. The Morgan fingerprint density at radius 2 is 1.77 bits per heavy atom. The molecular weight excluding hydrogens is 399 g/mol. The Balaban J connectivity index is 2.14. The highest BCUT2D eigenvalue weighted by molar-refractivity contribution is 5.97. The molecule has 0 aromatic heterocycles. The van der Waals surface area contributed by atoms with E-state index >= 15 is 0 Å². The van der Waals surface area contributed by atoms with Gasteiger partial charge in [0, 0.05) is 25.7 Å². The van der Waals surface area contributed by atoms with E-state index in [9.17, 15) is 28.9 Å². The summed E-state index contributed by atoms with van der Waals surface area (Å²) in [5, 5.41) is 11.1. The lowest BCUT2D eigenvalue weighted by molar-refractivity contribution is -0.384. The van der Waals surface area contributed by atoms with Crippen LogP contribution >= 0.6 is 0 Å². The fourth-order valence-corrected chi connectivity index (χ4v) is 2.65. The summed E-state index contributed by atoms with van der Waals surface area (Å²) >= 11 is 0. The Labute approximate surface area is 171 Å². The summed E-state index contributed by atoms with van der Waals surface area (Å²) in [6.45, 7) is 1.42. The first-order valence-electron chi connectivity index (χ1n) is 8.70. The number of methoxy groups -OCH3 is 1. The van der Waals surface area contributed by atoms with Crippen molar-refractivity contribution in [1.29, 1.82) is 0 Å². The number of amides is 1. The molecule has 158 valence electrons. The molecule has 9 nitrogen and oxygen atoms in total. The lowest BCUT2D eigenvalue weighted by atomic mass is 10.1. The van der Waals surface area contributed by atoms with E-state index in [4.69, 9.17) is 4.74 Å². The van der Waals surface area contributed by atoms with Gasteiger partial charge in [-0.25, -0.2) is 14.0 Å². The summed E-state index contributed by atoms with van der Waals surface area (Å²) in [5.41, 5.74) is -0.448. The van der Waals surface area contributed by atoms with E-state index < -0.39 is 40.4 Å². The summed E-state index contributed by atoms with van der Waals surface area (Å²) in [5.74, 6) is -2.90. The van der Waals surface area contributed by atoms with E-state index in [1.54, 1.807) is 6.07 Å². The van der Waals surface area contributed by atoms with Gasteiger partial charge in [0.1, 0.15) is 5.82 Å². The number of carbonyl (C=O) groups is 3. The molecule has 2 rings (SSSR count). The van der Waals surface area contributed by atoms with Crippen molar-refractivity contribution < 1.29 is 33.2 Å². The van der Waals surface area contributed by atoms with Crippen molar-refractivity contribution in [3.8, 4) is 0 Å². The van der Waals surface area contributed by atoms with E-state index in [1.807, 2.05) is 0 Å². The number of likely N-dealkylation sites (N-methyl/N-ethyl adjacent to an activating group) is 1. The number of hydrogen-bond acceptors (Lipinski definition) is 7. The molecule has 2 aromatic carbocycles. The first kappa shape index (κ1) is 22.5. The lowest BCUT2D eigenvalue weighted by Crippen LogP contribution is -2.37. The van der Waals surface area contributed by atoms with Gasteiger partial charge in [-0.1, -0.05) is 12.1 Å². The zero-order chi connectivity index (χ0) is 22.4. The monoisotopic (exact) mass is 418 g/mol. The minimum Gasteiger partial charge on any atom is -0.465 e. The SMILES string of the molecule is COC(=O)c1cc(C(=O)OC(C)C(=O)N(C)Cc2cccc(F)c2)cc([N+](=O)[O-])c1. The molecule has 0 saturated carbocycles. The third kappa shape index (κ3) is 5.60. The minimum absolute atomic E-state index is 0.0851. The van der Waals surface area contributed by atoms with Crippen LogP contribution in [-0.2, 0) is 20.8 Å². The van der Waals surface area contributed by atoms with Crippen molar-refractivity contribution in [3.05, 3.63) is 75.1 Å². The zero-order valence-corrected chi connectivity index (χ0v) is 16.5. The van der Waals surface area contributed by atoms with Crippen LogP contribution in [0, 0.1) is 15.9 Å². The number of nitro groups is 1. The van der Waals surface area contributed by atoms with Crippen LogP contribution in [0.4, 0.5) is 10.1 Å². The summed E-state index contributed by atoms with van der Waals surface area (Å²) in [6, 6.07) is 8.67. The maximum atomic E-state index is 13.3. The molecule has 0 aliphatic carbocycles. The summed E-state index contributed by atoms with van der Waals surface area (Å²) < 4.78 is 22.9. The number of rotatable bonds is 7. The van der Waals surface area contributed by atoms with Crippen molar-refractivity contribution in [2.24, 2.45) is 0 Å². The van der Waals surface area contributed by atoms with E-state index in [1.165, 1.54) is 37.1 Å². The van der Waals surface area contributed by atoms with Crippen LogP contribution in [0.15, 0.2) is 42.5 Å². The highest BCUT2D eigenvalue weighted by atomic mass is 19.1. The first-order chi connectivity index (χ1) is 14.1. The van der Waals surface area contributed by atoms with Crippen LogP contribution in [0.3, 0.4) is 0 Å². The molecule has 1 amide bonds. The molecule has 0 aliphatic heterocycles. The standard InChI is InChI=1S/C20H19FN2O7/c1-12(18(24)22(2)11-13-5-4-6-16(21)7-13)30-20(26)15-8-14(19(25)29-3)9-17(10-15)23(27)28/h4-10,12H,11H2,1-3H3. The molecule has 2 aromatic rings. The van der Waals surface area contributed by atoms with Gasteiger partial charge in [0.05, 0.1) is 23.2 Å². The predicted octanol–water partition coefficient (Wildman–Crippen LogP) is 2.72. The van der Waals surface area contributed by atoms with E-state index in [-0.39, 0.29) is 17.7 Å². The lowest BCUT2D eigenvalue weighted by Gasteiger charge is -2.21. The number of benzene rings is 2. The van der Waals surface area contributed by atoms with Gasteiger partial charge in [0.25, 0.3) is 11.6 Å². The normalized spacial score (nSPS) is 11.3. The minimum atomic E-state index is -1.23. The van der Waals surface area contributed by atoms with E-state index in [2.05, 4.69) is 4.74 Å². The number of non-ortho nitro benzene ring substituents is 1. The molecule has 0 aliphatic rings. The third-order valence-corrected chi connectivity index (χ3v) is 4.10. The number of nitrogens with zero attached hydrogens (tertiary/aromatic N) is 2. The van der Waals surface area contributed by atoms with Crippen LogP contribution < -0.4 is 0 Å². The van der Waals surface area contributed by atoms with Crippen molar-refractivity contribution in [3.63, 3.8) is 0 Å². The van der Waals surface area contributed by atoms with Crippen LogP contribution in [0.25, 0.3) is 0 Å². The second kappa shape index (κ2) is 9.59. The molecule has 0 N–H and O–H groups in total. The molecule has 30 heavy (non-hydrogen) atoms. The van der Waals surface area contributed by atoms with Crippen LogP contribution in [0.1, 0.15) is 33.2 Å². The quantitative estimate of drug-likeness (QED) is 0.386. The molecule has 0 spiro atoms. The Hall–Kier alpha value is -3.82. The van der Waals surface area contributed by atoms with Gasteiger partial charge in [-0.3, -0.25) is 14.9 Å². The molecular formula is C20H19FN2O7. The molecule has 0 fully saturated rings. The van der Waals surface area contributed by atoms with Crippen LogP contribution in [0.2, 0.25) is 0 Å². The third-order valence-electron chi connectivity index (χ3n) is 4.10. The first-order valence-corrected chi connectivity index (χ1v) is 8.70. The number of esters is 2. The Bertz CT molecular complexity index is 993. The highest BCUT2D eigenvalue weighted by Crippen LogP contribution is 2.19. The highest BCUT2D eigenvalue weighted by Gasteiger charge is 2.25. The second-order valence-corrected chi connectivity index (χ2v) is 6.39. The molecule has 0 saturated heterocycles. The fourth-order valence-electron chi connectivity index (χ4n) is 2.65. The second-order valence-electron chi connectivity index (χ2n) is 6.39. The number of nitro benzene ring substituents is 1. The van der Waals surface area contributed by atoms with Gasteiger partial charge in [-0.15, -0.1) is 0 Å². The average Bonchev–Trinajstić information content (AvgIpc) is 2.71. The topological polar surface area (TPSA) is 116 Å². The number of ether oxygens (including phenoxy) is 2. The largest absolute Gasteiger partial charge is 0.465 e. The molecule has 0 heterocycles. The maximum Gasteiger partial charge on any atom is 0.339 e. The van der Waals surface area contributed by atoms with Crippen LogP contribution in [0.5, 0.6) is 0 Å². The van der Waals surface area contributed by atoms with Gasteiger partial charge in [0.15, 0.2) is 6.10 Å². The Morgan fingerprint density at radius 1 is 1.13 bits per heavy atom. The fraction of sp³-hybridized carbons (Fsp3) is 0.250. The van der Waals surface area contributed by atoms with Crippen molar-refractivity contribution in [2.45, 2.75) is 19.6 Å². The Morgan fingerprint density at radius 3 is 2.33 bits per heavy atom. The number of halogens is 1. The molecule has 0 radical (unpaired) electrons. The predicted molar refractivity (Wildman–Crippen MR) is 102 cm³/mol. The van der Waals surface area contributed by atoms with Crippen molar-refractivity contribution in [2.75, 3.05) is 14.2 Å². The zero-order valence-electron chi connectivity index (χ0n) is 16.5. The van der Waals surface area contributed by atoms with E-state index in [0.29, 0.717) is 5.56 Å². The van der Waals surface area contributed by atoms with Gasteiger partial charge in [-0.05, 0) is 30.7 Å². The van der Waals surface area contributed by atoms with E-state index in [0.717, 1.165) is 25.3 Å². The summed E-state index contributed by atoms with van der Waals surface area (Å²) in [6.07, 6.45) is -1.23. The van der Waals surface area contributed by atoms with Gasteiger partial charge >= 0.3 is 11.9 Å².